The molecule has 1 saturated heterocycles. The highest BCUT2D eigenvalue weighted by Gasteiger charge is 2.27. The predicted octanol–water partition coefficient (Wildman–Crippen LogP) is 1.55. The van der Waals surface area contributed by atoms with Gasteiger partial charge >= 0.3 is 0 Å². The minimum atomic E-state index is -0.138. The summed E-state index contributed by atoms with van der Waals surface area (Å²) in [6.07, 6.45) is 1.82. The zero-order chi connectivity index (χ0) is 14.8. The van der Waals surface area contributed by atoms with E-state index in [0.29, 0.717) is 23.8 Å². The van der Waals surface area contributed by atoms with E-state index in [1.807, 2.05) is 0 Å². The Balaban J connectivity index is 1.79. The Labute approximate surface area is 125 Å². The van der Waals surface area contributed by atoms with Gasteiger partial charge in [0.05, 0.1) is 5.51 Å². The van der Waals surface area contributed by atoms with Gasteiger partial charge in [0, 0.05) is 36.1 Å². The molecule has 0 bridgehead atoms. The van der Waals surface area contributed by atoms with Crippen LogP contribution in [0.1, 0.15) is 40.8 Å². The minimum Gasteiger partial charge on any atom is -0.337 e. The summed E-state index contributed by atoms with van der Waals surface area (Å²) >= 11 is 1.41. The molecule has 110 valence electrons. The number of aryl methyl sites for hydroxylation is 1. The molecule has 0 aromatic carbocycles. The minimum absolute atomic E-state index is 0.0454. The molecular weight excluding hydrogens is 288 g/mol. The molecule has 0 spiro atoms. The van der Waals surface area contributed by atoms with Crippen LogP contribution in [0.5, 0.6) is 0 Å². The van der Waals surface area contributed by atoms with Crippen LogP contribution >= 0.6 is 11.3 Å². The Hall–Kier alpha value is -2.02. The highest BCUT2D eigenvalue weighted by atomic mass is 32.1. The van der Waals surface area contributed by atoms with Crippen molar-refractivity contribution in [2.45, 2.75) is 25.7 Å². The van der Waals surface area contributed by atoms with E-state index in [9.17, 15) is 9.59 Å². The van der Waals surface area contributed by atoms with Crippen LogP contribution in [-0.2, 0) is 0 Å². The predicted molar refractivity (Wildman–Crippen MR) is 79.6 cm³/mol. The van der Waals surface area contributed by atoms with Gasteiger partial charge in [-0.25, -0.2) is 9.97 Å². The average molecular weight is 304 g/mol. The molecule has 6 nitrogen and oxygen atoms in total. The van der Waals surface area contributed by atoms with Crippen molar-refractivity contribution in [3.63, 3.8) is 0 Å². The van der Waals surface area contributed by atoms with E-state index in [1.54, 1.807) is 22.7 Å². The summed E-state index contributed by atoms with van der Waals surface area (Å²) < 4.78 is 0. The van der Waals surface area contributed by atoms with Gasteiger partial charge in [-0.2, -0.15) is 0 Å². The average Bonchev–Trinajstić information content (AvgIpc) is 3.00. The van der Waals surface area contributed by atoms with Crippen molar-refractivity contribution < 1.29 is 4.79 Å². The van der Waals surface area contributed by atoms with Gasteiger partial charge in [0.25, 0.3) is 11.5 Å². The topological polar surface area (TPSA) is 79.0 Å². The van der Waals surface area contributed by atoms with Gasteiger partial charge in [0.1, 0.15) is 11.5 Å². The van der Waals surface area contributed by atoms with Gasteiger partial charge in [0.2, 0.25) is 0 Å². The standard InChI is InChI=1S/C14H16N4O2S/c1-9-5-12(19)17-13(16-9)10-3-2-4-18(6-10)14(20)11-7-21-8-15-11/h5,7-8,10H,2-4,6H2,1H3,(H,16,17,19). The number of H-pyrrole nitrogens is 1. The lowest BCUT2D eigenvalue weighted by molar-refractivity contribution is 0.0699. The smallest absolute Gasteiger partial charge is 0.273 e. The fourth-order valence-corrected chi connectivity index (χ4v) is 3.19. The molecule has 2 aromatic heterocycles. The SMILES string of the molecule is Cc1cc(=O)[nH]c(C2CCCN(C(=O)c3cscn3)C2)n1. The van der Waals surface area contributed by atoms with Crippen LogP contribution in [0.25, 0.3) is 0 Å². The molecule has 3 rings (SSSR count). The molecule has 1 aliphatic heterocycles. The molecule has 0 radical (unpaired) electrons. The number of likely N-dealkylation sites (tertiary alicyclic amines) is 1. The first-order valence-corrected chi connectivity index (χ1v) is 7.83. The number of rotatable bonds is 2. The Morgan fingerprint density at radius 3 is 3.10 bits per heavy atom. The maximum atomic E-state index is 12.3. The quantitative estimate of drug-likeness (QED) is 0.913. The normalized spacial score (nSPS) is 18.7. The number of amides is 1. The molecular formula is C14H16N4O2S. The molecule has 21 heavy (non-hydrogen) atoms. The van der Waals surface area contributed by atoms with Crippen molar-refractivity contribution in [3.05, 3.63) is 44.5 Å². The fraction of sp³-hybridized carbons (Fsp3) is 0.429. The van der Waals surface area contributed by atoms with Crippen LogP contribution in [0, 0.1) is 6.92 Å². The maximum absolute atomic E-state index is 12.3. The monoisotopic (exact) mass is 304 g/mol. The molecule has 1 unspecified atom stereocenters. The number of hydrogen-bond donors (Lipinski definition) is 1. The van der Waals surface area contributed by atoms with Gasteiger partial charge in [-0.1, -0.05) is 0 Å². The third kappa shape index (κ3) is 3.02. The van der Waals surface area contributed by atoms with E-state index in [2.05, 4.69) is 15.0 Å². The Morgan fingerprint density at radius 2 is 2.38 bits per heavy atom. The largest absolute Gasteiger partial charge is 0.337 e. The number of thiazole rings is 1. The lowest BCUT2D eigenvalue weighted by Gasteiger charge is -2.31. The number of aromatic amines is 1. The van der Waals surface area contributed by atoms with Crippen molar-refractivity contribution in [2.24, 2.45) is 0 Å². The summed E-state index contributed by atoms with van der Waals surface area (Å²) in [6, 6.07) is 1.48. The maximum Gasteiger partial charge on any atom is 0.273 e. The van der Waals surface area contributed by atoms with E-state index in [4.69, 9.17) is 0 Å². The van der Waals surface area contributed by atoms with Crippen molar-refractivity contribution in [1.29, 1.82) is 0 Å². The van der Waals surface area contributed by atoms with E-state index >= 15 is 0 Å². The molecule has 2 aromatic rings. The van der Waals surface area contributed by atoms with Gasteiger partial charge in [-0.15, -0.1) is 11.3 Å². The summed E-state index contributed by atoms with van der Waals surface area (Å²) in [5.41, 5.74) is 2.72. The zero-order valence-electron chi connectivity index (χ0n) is 11.7. The number of hydrogen-bond acceptors (Lipinski definition) is 5. The Morgan fingerprint density at radius 1 is 1.52 bits per heavy atom. The Bertz CT molecular complexity index is 695. The molecule has 1 N–H and O–H groups in total. The zero-order valence-corrected chi connectivity index (χ0v) is 12.5. The van der Waals surface area contributed by atoms with E-state index < -0.39 is 0 Å². The number of carbonyl (C=O) groups excluding carboxylic acids is 1. The Kier molecular flexibility index (Phi) is 3.83. The van der Waals surface area contributed by atoms with E-state index in [1.165, 1.54) is 17.4 Å². The van der Waals surface area contributed by atoms with Crippen LogP contribution in [0.2, 0.25) is 0 Å². The first-order valence-electron chi connectivity index (χ1n) is 6.89. The van der Waals surface area contributed by atoms with Crippen LogP contribution in [0.4, 0.5) is 0 Å². The number of nitrogens with zero attached hydrogens (tertiary/aromatic N) is 3. The molecule has 1 aliphatic rings. The van der Waals surface area contributed by atoms with Crippen LogP contribution < -0.4 is 5.56 Å². The molecule has 1 amide bonds. The molecule has 0 saturated carbocycles. The summed E-state index contributed by atoms with van der Waals surface area (Å²) in [4.78, 5) is 37.0. The number of carbonyl (C=O) groups is 1. The van der Waals surface area contributed by atoms with Crippen molar-refractivity contribution >= 4 is 17.2 Å². The van der Waals surface area contributed by atoms with Gasteiger partial charge in [-0.3, -0.25) is 9.59 Å². The second-order valence-electron chi connectivity index (χ2n) is 5.24. The van der Waals surface area contributed by atoms with Crippen molar-refractivity contribution in [3.8, 4) is 0 Å². The molecule has 7 heteroatoms. The third-order valence-electron chi connectivity index (χ3n) is 3.63. The number of piperidine rings is 1. The van der Waals surface area contributed by atoms with Crippen LogP contribution in [0.3, 0.4) is 0 Å². The van der Waals surface area contributed by atoms with Crippen LogP contribution in [0.15, 0.2) is 21.8 Å². The summed E-state index contributed by atoms with van der Waals surface area (Å²) in [6.45, 7) is 3.10. The second-order valence-corrected chi connectivity index (χ2v) is 5.95. The second kappa shape index (κ2) is 5.77. The highest BCUT2D eigenvalue weighted by molar-refractivity contribution is 7.07. The molecule has 1 fully saturated rings. The lowest BCUT2D eigenvalue weighted by atomic mass is 9.97. The van der Waals surface area contributed by atoms with Crippen molar-refractivity contribution in [1.82, 2.24) is 19.9 Å². The van der Waals surface area contributed by atoms with E-state index in [0.717, 1.165) is 19.4 Å². The van der Waals surface area contributed by atoms with E-state index in [-0.39, 0.29) is 17.4 Å². The summed E-state index contributed by atoms with van der Waals surface area (Å²) in [5, 5.41) is 1.76. The van der Waals surface area contributed by atoms with Crippen molar-refractivity contribution in [2.75, 3.05) is 13.1 Å². The lowest BCUT2D eigenvalue weighted by Crippen LogP contribution is -2.40. The fourth-order valence-electron chi connectivity index (χ4n) is 2.66. The molecule has 1 atom stereocenters. The summed E-state index contributed by atoms with van der Waals surface area (Å²) in [5.74, 6) is 0.709. The number of nitrogens with one attached hydrogen (secondary N) is 1. The number of aromatic nitrogens is 3. The van der Waals surface area contributed by atoms with Gasteiger partial charge < -0.3 is 9.88 Å². The highest BCUT2D eigenvalue weighted by Crippen LogP contribution is 2.25. The molecule has 3 heterocycles. The van der Waals surface area contributed by atoms with Gasteiger partial charge in [0.15, 0.2) is 0 Å². The third-order valence-corrected chi connectivity index (χ3v) is 4.22. The van der Waals surface area contributed by atoms with Crippen LogP contribution in [-0.4, -0.2) is 38.8 Å². The first kappa shape index (κ1) is 13.9. The van der Waals surface area contributed by atoms with Gasteiger partial charge in [-0.05, 0) is 19.8 Å². The first-order chi connectivity index (χ1) is 10.1. The molecule has 0 aliphatic carbocycles. The summed E-state index contributed by atoms with van der Waals surface area (Å²) in [7, 11) is 0.